The highest BCUT2D eigenvalue weighted by Crippen LogP contribution is 2.30. The Morgan fingerprint density at radius 1 is 1.19 bits per heavy atom. The zero-order valence-corrected chi connectivity index (χ0v) is 17.0. The van der Waals surface area contributed by atoms with Gasteiger partial charge in [-0.3, -0.25) is 14.5 Å². The van der Waals surface area contributed by atoms with E-state index in [0.717, 1.165) is 9.47 Å². The lowest BCUT2D eigenvalue weighted by Crippen LogP contribution is -2.41. The summed E-state index contributed by atoms with van der Waals surface area (Å²) in [5, 5.41) is 11.5. The number of Topliss-reactive ketones (excluding diaryl/α,β-unsaturated/α-hetero) is 1. The summed E-state index contributed by atoms with van der Waals surface area (Å²) in [6.45, 7) is 2.48. The molecule has 7 nitrogen and oxygen atoms in total. The molecule has 1 N–H and O–H groups in total. The number of benzene rings is 1. The van der Waals surface area contributed by atoms with E-state index in [1.54, 1.807) is 0 Å². The number of nitrogens with zero attached hydrogens (tertiary/aromatic N) is 3. The van der Waals surface area contributed by atoms with Crippen LogP contribution in [-0.4, -0.2) is 39.9 Å². The van der Waals surface area contributed by atoms with E-state index in [1.165, 1.54) is 51.1 Å². The van der Waals surface area contributed by atoms with Crippen molar-refractivity contribution >= 4 is 17.7 Å². The van der Waals surface area contributed by atoms with Gasteiger partial charge in [-0.2, -0.15) is 18.4 Å². The number of alkyl halides is 3. The molecule has 3 amide bonds. The number of hydrogen-bond donors (Lipinski definition) is 1. The second kappa shape index (κ2) is 7.58. The maximum absolute atomic E-state index is 13.0. The second-order valence-electron chi connectivity index (χ2n) is 7.54. The maximum atomic E-state index is 13.0. The third kappa shape index (κ3) is 4.03. The molecule has 0 aliphatic carbocycles. The van der Waals surface area contributed by atoms with Gasteiger partial charge in [0.15, 0.2) is 5.78 Å². The van der Waals surface area contributed by atoms with Crippen LogP contribution >= 0.6 is 0 Å². The number of ketones is 1. The number of nitriles is 1. The quantitative estimate of drug-likeness (QED) is 0.580. The molecule has 0 saturated carbocycles. The molecule has 0 spiro atoms. The lowest BCUT2D eigenvalue weighted by atomic mass is 9.91. The minimum Gasteiger partial charge on any atom is -0.339 e. The Bertz CT molecular complexity index is 1110. The molecule has 1 aromatic heterocycles. The summed E-state index contributed by atoms with van der Waals surface area (Å²) in [5.74, 6) is -1.31. The molecule has 1 unspecified atom stereocenters. The lowest BCUT2D eigenvalue weighted by Gasteiger charge is -2.22. The molecule has 3 rings (SSSR count). The van der Waals surface area contributed by atoms with E-state index in [-0.39, 0.29) is 17.0 Å². The molecule has 1 atom stereocenters. The fourth-order valence-corrected chi connectivity index (χ4v) is 3.65. The van der Waals surface area contributed by atoms with Crippen LogP contribution in [0.25, 0.3) is 0 Å². The zero-order chi connectivity index (χ0) is 23.1. The third-order valence-corrected chi connectivity index (χ3v) is 5.38. The van der Waals surface area contributed by atoms with Gasteiger partial charge in [-0.15, -0.1) is 0 Å². The fourth-order valence-electron chi connectivity index (χ4n) is 3.65. The Hall–Kier alpha value is -3.61. The van der Waals surface area contributed by atoms with Crippen LogP contribution < -0.4 is 5.32 Å². The lowest BCUT2D eigenvalue weighted by molar-refractivity contribution is -0.141. The van der Waals surface area contributed by atoms with Gasteiger partial charge >= 0.3 is 12.2 Å². The van der Waals surface area contributed by atoms with Crippen molar-refractivity contribution in [1.82, 2.24) is 14.8 Å². The molecule has 2 heterocycles. The molecule has 10 heteroatoms. The maximum Gasteiger partial charge on any atom is 0.406 e. The molecule has 1 aliphatic heterocycles. The van der Waals surface area contributed by atoms with Gasteiger partial charge in [0.25, 0.3) is 5.91 Å². The first-order chi connectivity index (χ1) is 14.4. The average molecular weight is 432 g/mol. The summed E-state index contributed by atoms with van der Waals surface area (Å²) in [7, 11) is 0. The molecule has 31 heavy (non-hydrogen) atoms. The molecule has 0 radical (unpaired) electrons. The van der Waals surface area contributed by atoms with Gasteiger partial charge in [0.05, 0.1) is 18.2 Å². The van der Waals surface area contributed by atoms with Gasteiger partial charge in [0.1, 0.15) is 12.1 Å². The topological polar surface area (TPSA) is 95.2 Å². The van der Waals surface area contributed by atoms with Crippen LogP contribution in [0.15, 0.2) is 30.3 Å². The predicted molar refractivity (Wildman–Crippen MR) is 103 cm³/mol. The van der Waals surface area contributed by atoms with Crippen LogP contribution in [-0.2, 0) is 16.9 Å². The van der Waals surface area contributed by atoms with Crippen molar-refractivity contribution in [2.75, 3.05) is 6.54 Å². The first kappa shape index (κ1) is 22.1. The molecular formula is C21H19F3N4O3. The van der Waals surface area contributed by atoms with Crippen LogP contribution in [0.2, 0.25) is 0 Å². The number of aromatic nitrogens is 1. The Morgan fingerprint density at radius 2 is 1.81 bits per heavy atom. The summed E-state index contributed by atoms with van der Waals surface area (Å²) < 4.78 is 39.4. The summed E-state index contributed by atoms with van der Waals surface area (Å²) in [5.41, 5.74) is -0.235. The molecule has 1 fully saturated rings. The molecular weight excluding hydrogens is 413 g/mol. The van der Waals surface area contributed by atoms with Gasteiger partial charge in [0.2, 0.25) is 0 Å². The largest absolute Gasteiger partial charge is 0.406 e. The predicted octanol–water partition coefficient (Wildman–Crippen LogP) is 3.19. The Balaban J connectivity index is 1.84. The summed E-state index contributed by atoms with van der Waals surface area (Å²) in [6.07, 6.45) is -4.46. The number of carbonyl (C=O) groups is 3. The van der Waals surface area contributed by atoms with E-state index in [1.807, 2.05) is 6.07 Å². The van der Waals surface area contributed by atoms with Gasteiger partial charge in [-0.05, 0) is 44.5 Å². The van der Waals surface area contributed by atoms with Crippen LogP contribution in [0.3, 0.4) is 0 Å². The highest BCUT2D eigenvalue weighted by molar-refractivity contribution is 6.11. The average Bonchev–Trinajstić information content (AvgIpc) is 3.09. The molecule has 2 aromatic rings. The minimum atomic E-state index is -4.46. The molecule has 1 saturated heterocycles. The number of nitrogens with one attached hydrogen (secondary N) is 1. The van der Waals surface area contributed by atoms with Crippen molar-refractivity contribution in [1.29, 1.82) is 5.26 Å². The fraction of sp³-hybridized carbons (Fsp3) is 0.333. The van der Waals surface area contributed by atoms with Crippen molar-refractivity contribution in [3.63, 3.8) is 0 Å². The van der Waals surface area contributed by atoms with E-state index >= 15 is 0 Å². The highest BCUT2D eigenvalue weighted by Gasteiger charge is 2.49. The van der Waals surface area contributed by atoms with Crippen molar-refractivity contribution in [3.8, 4) is 6.07 Å². The van der Waals surface area contributed by atoms with Crippen molar-refractivity contribution in [3.05, 3.63) is 58.4 Å². The summed E-state index contributed by atoms with van der Waals surface area (Å²) >= 11 is 0. The Morgan fingerprint density at radius 3 is 2.35 bits per heavy atom. The zero-order valence-electron chi connectivity index (χ0n) is 17.0. The molecule has 162 valence electrons. The number of halogens is 3. The number of imide groups is 1. The number of urea groups is 1. The van der Waals surface area contributed by atoms with Crippen molar-refractivity contribution < 1.29 is 27.6 Å². The van der Waals surface area contributed by atoms with Crippen LogP contribution in [0, 0.1) is 25.2 Å². The number of hydrogen-bond acceptors (Lipinski definition) is 4. The van der Waals surface area contributed by atoms with Gasteiger partial charge < -0.3 is 9.88 Å². The van der Waals surface area contributed by atoms with E-state index in [4.69, 9.17) is 5.26 Å². The summed E-state index contributed by atoms with van der Waals surface area (Å²) in [6, 6.07) is 8.57. The van der Waals surface area contributed by atoms with Gasteiger partial charge in [-0.1, -0.05) is 12.1 Å². The van der Waals surface area contributed by atoms with Crippen LogP contribution in [0.4, 0.5) is 18.0 Å². The van der Waals surface area contributed by atoms with Gasteiger partial charge in [0, 0.05) is 17.0 Å². The van der Waals surface area contributed by atoms with E-state index in [0.29, 0.717) is 11.1 Å². The third-order valence-electron chi connectivity index (χ3n) is 5.38. The standard InChI is InChI=1S/C21H19F3N4O3/c1-12-8-16(13(2)28(12)11-21(22,23)24)17(29)10-27-18(30)20(3,26-19(27)31)15-6-4-14(9-25)5-7-15/h4-8H,10-11H2,1-3H3,(H,26,31). The first-order valence-electron chi connectivity index (χ1n) is 9.29. The number of rotatable bonds is 5. The van der Waals surface area contributed by atoms with Crippen LogP contribution in [0.5, 0.6) is 0 Å². The summed E-state index contributed by atoms with van der Waals surface area (Å²) in [4.78, 5) is 38.9. The van der Waals surface area contributed by atoms with Gasteiger partial charge in [-0.25, -0.2) is 4.79 Å². The van der Waals surface area contributed by atoms with Crippen molar-refractivity contribution in [2.45, 2.75) is 39.0 Å². The van der Waals surface area contributed by atoms with E-state index in [9.17, 15) is 27.6 Å². The molecule has 1 aliphatic rings. The SMILES string of the molecule is Cc1cc(C(=O)CN2C(=O)NC(C)(c3ccc(C#N)cc3)C2=O)c(C)n1CC(F)(F)F. The second-order valence-corrected chi connectivity index (χ2v) is 7.54. The van der Waals surface area contributed by atoms with E-state index in [2.05, 4.69) is 5.32 Å². The van der Waals surface area contributed by atoms with Crippen molar-refractivity contribution in [2.24, 2.45) is 0 Å². The number of amides is 3. The minimum absolute atomic E-state index is 0.0225. The smallest absolute Gasteiger partial charge is 0.339 e. The number of aryl methyl sites for hydroxylation is 1. The molecule has 1 aromatic carbocycles. The Kier molecular flexibility index (Phi) is 5.40. The normalized spacial score (nSPS) is 18.8. The first-order valence-corrected chi connectivity index (χ1v) is 9.29. The highest BCUT2D eigenvalue weighted by atomic mass is 19.4. The molecule has 0 bridgehead atoms. The Labute approximate surface area is 176 Å². The number of carbonyl (C=O) groups excluding carboxylic acids is 3. The monoisotopic (exact) mass is 432 g/mol. The van der Waals surface area contributed by atoms with E-state index < -0.39 is 42.5 Å². The van der Waals surface area contributed by atoms with Crippen LogP contribution in [0.1, 0.15) is 39.8 Å².